The van der Waals surface area contributed by atoms with Gasteiger partial charge in [-0.05, 0) is 31.4 Å². The van der Waals surface area contributed by atoms with Crippen LogP contribution < -0.4 is 0 Å². The molecule has 1 N–H and O–H groups in total. The van der Waals surface area contributed by atoms with Gasteiger partial charge in [-0.1, -0.05) is 19.1 Å². The third-order valence-corrected chi connectivity index (χ3v) is 7.77. The summed E-state index contributed by atoms with van der Waals surface area (Å²) in [4.78, 5) is 61.6. The lowest BCUT2D eigenvalue weighted by Gasteiger charge is -2.55. The van der Waals surface area contributed by atoms with Gasteiger partial charge < -0.3 is 28.8 Å². The van der Waals surface area contributed by atoms with Crippen LogP contribution in [0.1, 0.15) is 67.2 Å². The van der Waals surface area contributed by atoms with Gasteiger partial charge in [0.05, 0.1) is 11.8 Å². The van der Waals surface area contributed by atoms with Crippen LogP contribution in [0.4, 0.5) is 0 Å². The van der Waals surface area contributed by atoms with Gasteiger partial charge in [-0.2, -0.15) is 0 Å². The summed E-state index contributed by atoms with van der Waals surface area (Å²) in [6.45, 7) is 12.4. The lowest BCUT2D eigenvalue weighted by atomic mass is 9.55. The number of hydrogen-bond donors (Lipinski definition) is 1. The average molecular weight is 537 g/mol. The lowest BCUT2D eigenvalue weighted by Crippen LogP contribution is -2.64. The van der Waals surface area contributed by atoms with Gasteiger partial charge in [0.25, 0.3) is 0 Å². The predicted molar refractivity (Wildman–Crippen MR) is 130 cm³/mol. The first-order valence-electron chi connectivity index (χ1n) is 12.6. The molecule has 1 aliphatic heterocycles. The Labute approximate surface area is 221 Å². The third-order valence-electron chi connectivity index (χ3n) is 7.77. The van der Waals surface area contributed by atoms with Gasteiger partial charge in [-0.3, -0.25) is 24.0 Å². The maximum atomic E-state index is 12.6. The third kappa shape index (κ3) is 5.62. The minimum Gasteiger partial charge on any atom is -0.462 e. The molecule has 0 spiro atoms. The standard InChI is InChI=1S/C27H36O11/c1-13-8-9-20(35-16(4)29)26(7)21(36-17(5)30)11-19(34-15(3)28)14(2)10-22-27(33,12-23(32)38-22)25(24(13)26)37-18(6)31/h10,19-22,24-25,33H,1,8-9,11-12H2,2-7H3. The van der Waals surface area contributed by atoms with E-state index in [0.29, 0.717) is 24.0 Å². The summed E-state index contributed by atoms with van der Waals surface area (Å²) in [7, 11) is 0. The van der Waals surface area contributed by atoms with Crippen LogP contribution in [-0.4, -0.2) is 71.1 Å². The number of aliphatic hydroxyl groups is 1. The van der Waals surface area contributed by atoms with Crippen LogP contribution in [-0.2, 0) is 47.7 Å². The molecule has 11 heteroatoms. The number of rotatable bonds is 4. The van der Waals surface area contributed by atoms with E-state index in [1.165, 1.54) is 33.8 Å². The zero-order valence-electron chi connectivity index (χ0n) is 22.6. The molecule has 0 aromatic carbocycles. The Kier molecular flexibility index (Phi) is 8.40. The van der Waals surface area contributed by atoms with Gasteiger partial charge in [0.2, 0.25) is 0 Å². The molecule has 1 saturated carbocycles. The summed E-state index contributed by atoms with van der Waals surface area (Å²) in [6, 6.07) is 0. The van der Waals surface area contributed by atoms with E-state index in [0.717, 1.165) is 0 Å². The first kappa shape index (κ1) is 29.3. The zero-order chi connectivity index (χ0) is 28.6. The highest BCUT2D eigenvalue weighted by molar-refractivity contribution is 5.75. The predicted octanol–water partition coefficient (Wildman–Crippen LogP) is 2.08. The molecule has 0 aromatic heterocycles. The molecule has 3 aliphatic rings. The first-order chi connectivity index (χ1) is 17.6. The molecular formula is C27H36O11. The van der Waals surface area contributed by atoms with Crippen LogP contribution in [0.3, 0.4) is 0 Å². The van der Waals surface area contributed by atoms with Crippen LogP contribution in [0.2, 0.25) is 0 Å². The van der Waals surface area contributed by atoms with Gasteiger partial charge in [-0.25, -0.2) is 0 Å². The molecule has 0 aromatic rings. The highest BCUT2D eigenvalue weighted by Gasteiger charge is 2.65. The van der Waals surface area contributed by atoms with Crippen molar-refractivity contribution in [2.45, 2.75) is 103 Å². The van der Waals surface area contributed by atoms with Crippen LogP contribution in [0.5, 0.6) is 0 Å². The second-order valence-corrected chi connectivity index (χ2v) is 10.6. The molecule has 38 heavy (non-hydrogen) atoms. The van der Waals surface area contributed by atoms with Crippen molar-refractivity contribution >= 4 is 29.8 Å². The Morgan fingerprint density at radius 2 is 1.53 bits per heavy atom. The second-order valence-electron chi connectivity index (χ2n) is 10.6. The summed E-state index contributed by atoms with van der Waals surface area (Å²) in [5.74, 6) is -4.25. The van der Waals surface area contributed by atoms with Gasteiger partial charge in [0, 0.05) is 40.0 Å². The Morgan fingerprint density at radius 1 is 0.974 bits per heavy atom. The van der Waals surface area contributed by atoms with E-state index in [1.807, 2.05) is 0 Å². The molecule has 8 atom stereocenters. The molecule has 0 radical (unpaired) electrons. The van der Waals surface area contributed by atoms with Crippen molar-refractivity contribution in [3.05, 3.63) is 23.8 Å². The van der Waals surface area contributed by atoms with Crippen LogP contribution in [0.25, 0.3) is 0 Å². The molecule has 3 rings (SSSR count). The van der Waals surface area contributed by atoms with Crippen molar-refractivity contribution in [3.8, 4) is 0 Å². The Morgan fingerprint density at radius 3 is 2.08 bits per heavy atom. The minimum absolute atomic E-state index is 0.0502. The normalized spacial score (nSPS) is 37.0. The Bertz CT molecular complexity index is 1060. The quantitative estimate of drug-likeness (QED) is 0.319. The van der Waals surface area contributed by atoms with Crippen LogP contribution in [0, 0.1) is 11.3 Å². The lowest BCUT2D eigenvalue weighted by molar-refractivity contribution is -0.217. The average Bonchev–Trinajstić information content (AvgIpc) is 3.06. The molecule has 2 aliphatic carbocycles. The monoisotopic (exact) mass is 536 g/mol. The minimum atomic E-state index is -2.06. The summed E-state index contributed by atoms with van der Waals surface area (Å²) < 4.78 is 28.4. The van der Waals surface area contributed by atoms with E-state index in [9.17, 15) is 29.1 Å². The fourth-order valence-corrected chi connectivity index (χ4v) is 6.15. The van der Waals surface area contributed by atoms with Crippen molar-refractivity contribution in [1.29, 1.82) is 0 Å². The number of carbonyl (C=O) groups is 5. The van der Waals surface area contributed by atoms with Crippen molar-refractivity contribution in [2.24, 2.45) is 11.3 Å². The number of ether oxygens (including phenoxy) is 5. The molecule has 0 bridgehead atoms. The smallest absolute Gasteiger partial charge is 0.309 e. The fraction of sp³-hybridized carbons (Fsp3) is 0.667. The Hall–Kier alpha value is -3.21. The van der Waals surface area contributed by atoms with Crippen molar-refractivity contribution in [3.63, 3.8) is 0 Å². The molecule has 11 nitrogen and oxygen atoms in total. The van der Waals surface area contributed by atoms with E-state index in [-0.39, 0.29) is 6.42 Å². The van der Waals surface area contributed by atoms with E-state index < -0.39 is 83.7 Å². The first-order valence-corrected chi connectivity index (χ1v) is 12.6. The van der Waals surface area contributed by atoms with E-state index in [4.69, 9.17) is 23.7 Å². The van der Waals surface area contributed by atoms with Gasteiger partial charge >= 0.3 is 29.8 Å². The van der Waals surface area contributed by atoms with E-state index in [1.54, 1.807) is 13.8 Å². The summed E-state index contributed by atoms with van der Waals surface area (Å²) >= 11 is 0. The van der Waals surface area contributed by atoms with E-state index >= 15 is 0 Å². The maximum absolute atomic E-state index is 12.6. The van der Waals surface area contributed by atoms with Crippen molar-refractivity contribution in [1.82, 2.24) is 0 Å². The highest BCUT2D eigenvalue weighted by Crippen LogP contribution is 2.55. The zero-order valence-corrected chi connectivity index (χ0v) is 22.6. The molecule has 210 valence electrons. The molecule has 0 amide bonds. The Balaban J connectivity index is 2.37. The number of hydrogen-bond acceptors (Lipinski definition) is 11. The SMILES string of the molecule is C=C1CCC(OC(C)=O)C2(C)C(OC(C)=O)CC(OC(C)=O)C(C)=CC3OC(=O)CC3(O)C(OC(C)=O)C12. The van der Waals surface area contributed by atoms with Crippen molar-refractivity contribution in [2.75, 3.05) is 0 Å². The summed E-state index contributed by atoms with van der Waals surface area (Å²) in [5, 5.41) is 12.1. The fourth-order valence-electron chi connectivity index (χ4n) is 6.15. The van der Waals surface area contributed by atoms with Gasteiger partial charge in [0.1, 0.15) is 24.4 Å². The number of fused-ring (bicyclic) bond motifs is 2. The van der Waals surface area contributed by atoms with Crippen LogP contribution in [0.15, 0.2) is 23.8 Å². The molecule has 8 unspecified atom stereocenters. The second kappa shape index (κ2) is 10.9. The van der Waals surface area contributed by atoms with Crippen molar-refractivity contribution < 1.29 is 52.8 Å². The maximum Gasteiger partial charge on any atom is 0.309 e. The largest absolute Gasteiger partial charge is 0.462 e. The van der Waals surface area contributed by atoms with E-state index in [2.05, 4.69) is 6.58 Å². The number of carbonyl (C=O) groups excluding carboxylic acids is 5. The van der Waals surface area contributed by atoms with Gasteiger partial charge in [0.15, 0.2) is 11.7 Å². The molecular weight excluding hydrogens is 500 g/mol. The van der Waals surface area contributed by atoms with Crippen LogP contribution >= 0.6 is 0 Å². The summed E-state index contributed by atoms with van der Waals surface area (Å²) in [5.41, 5.74) is -2.45. The number of esters is 5. The molecule has 2 fully saturated rings. The topological polar surface area (TPSA) is 152 Å². The molecule has 1 saturated heterocycles. The summed E-state index contributed by atoms with van der Waals surface area (Å²) in [6.07, 6.45) is -3.99. The van der Waals surface area contributed by atoms with Gasteiger partial charge in [-0.15, -0.1) is 0 Å². The highest BCUT2D eigenvalue weighted by atomic mass is 16.6. The molecule has 1 heterocycles.